The molecule has 1 fully saturated rings. The molecule has 2 rings (SSSR count). The van der Waals surface area contributed by atoms with E-state index in [1.54, 1.807) is 12.4 Å². The van der Waals surface area contributed by atoms with Crippen LogP contribution >= 0.6 is 11.6 Å². The molecule has 0 bridgehead atoms. The maximum Gasteiger partial charge on any atom is 0.147 e. The SMILES string of the molecule is CC(O)C1CCN(c2cnc(Cl)cn2)C1. The Bertz CT molecular complexity index is 328. The van der Waals surface area contributed by atoms with E-state index in [0.29, 0.717) is 11.1 Å². The molecule has 1 aliphatic heterocycles. The van der Waals surface area contributed by atoms with Gasteiger partial charge in [0.2, 0.25) is 0 Å². The van der Waals surface area contributed by atoms with E-state index >= 15 is 0 Å². The fraction of sp³-hybridized carbons (Fsp3) is 0.600. The molecule has 1 N–H and O–H groups in total. The zero-order chi connectivity index (χ0) is 10.8. The summed E-state index contributed by atoms with van der Waals surface area (Å²) in [6, 6.07) is 0. The Hall–Kier alpha value is -0.870. The first-order valence-electron chi connectivity index (χ1n) is 5.07. The topological polar surface area (TPSA) is 49.2 Å². The highest BCUT2D eigenvalue weighted by Gasteiger charge is 2.26. The molecule has 5 heteroatoms. The van der Waals surface area contributed by atoms with Crippen molar-refractivity contribution in [3.05, 3.63) is 17.5 Å². The lowest BCUT2D eigenvalue weighted by molar-refractivity contribution is 0.136. The average Bonchev–Trinajstić information content (AvgIpc) is 2.68. The lowest BCUT2D eigenvalue weighted by atomic mass is 10.0. The highest BCUT2D eigenvalue weighted by molar-refractivity contribution is 6.29. The van der Waals surface area contributed by atoms with Crippen LogP contribution in [-0.4, -0.2) is 34.3 Å². The third-order valence-electron chi connectivity index (χ3n) is 2.84. The number of aliphatic hydroxyl groups is 1. The molecule has 1 aromatic heterocycles. The molecule has 1 aliphatic rings. The minimum atomic E-state index is -0.254. The number of halogens is 1. The molecule has 0 aromatic carbocycles. The van der Waals surface area contributed by atoms with Gasteiger partial charge in [0.15, 0.2) is 0 Å². The zero-order valence-corrected chi connectivity index (χ0v) is 9.35. The molecule has 82 valence electrons. The molecule has 2 heterocycles. The van der Waals surface area contributed by atoms with Gasteiger partial charge in [-0.2, -0.15) is 0 Å². The maximum atomic E-state index is 9.48. The van der Waals surface area contributed by atoms with E-state index in [9.17, 15) is 5.11 Å². The van der Waals surface area contributed by atoms with E-state index in [1.165, 1.54) is 0 Å². The van der Waals surface area contributed by atoms with Gasteiger partial charge in [-0.3, -0.25) is 0 Å². The Morgan fingerprint density at radius 1 is 1.53 bits per heavy atom. The molecule has 1 aromatic rings. The van der Waals surface area contributed by atoms with Crippen molar-refractivity contribution in [3.63, 3.8) is 0 Å². The van der Waals surface area contributed by atoms with Crippen molar-refractivity contribution in [2.45, 2.75) is 19.4 Å². The molecule has 0 aliphatic carbocycles. The van der Waals surface area contributed by atoms with Crippen LogP contribution < -0.4 is 4.90 Å². The Morgan fingerprint density at radius 2 is 2.33 bits per heavy atom. The number of anilines is 1. The molecular formula is C10H14ClN3O. The van der Waals surface area contributed by atoms with Crippen LogP contribution in [0, 0.1) is 5.92 Å². The summed E-state index contributed by atoms with van der Waals surface area (Å²) < 4.78 is 0. The molecule has 1 saturated heterocycles. The third-order valence-corrected chi connectivity index (χ3v) is 3.03. The number of rotatable bonds is 2. The maximum absolute atomic E-state index is 9.48. The molecule has 0 amide bonds. The molecule has 2 atom stereocenters. The van der Waals surface area contributed by atoms with Crippen molar-refractivity contribution >= 4 is 17.4 Å². The van der Waals surface area contributed by atoms with Gasteiger partial charge >= 0.3 is 0 Å². The van der Waals surface area contributed by atoms with Gasteiger partial charge in [0.1, 0.15) is 11.0 Å². The lowest BCUT2D eigenvalue weighted by Crippen LogP contribution is -2.24. The molecule has 0 spiro atoms. The van der Waals surface area contributed by atoms with Crippen LogP contribution in [0.3, 0.4) is 0 Å². The van der Waals surface area contributed by atoms with E-state index in [0.717, 1.165) is 25.3 Å². The third kappa shape index (κ3) is 2.38. The predicted molar refractivity (Wildman–Crippen MR) is 59.0 cm³/mol. The van der Waals surface area contributed by atoms with Gasteiger partial charge in [-0.25, -0.2) is 9.97 Å². The number of nitrogens with zero attached hydrogens (tertiary/aromatic N) is 3. The molecule has 2 unspecified atom stereocenters. The van der Waals surface area contributed by atoms with Crippen molar-refractivity contribution in [3.8, 4) is 0 Å². The van der Waals surface area contributed by atoms with Crippen molar-refractivity contribution in [2.75, 3.05) is 18.0 Å². The van der Waals surface area contributed by atoms with Crippen molar-refractivity contribution < 1.29 is 5.11 Å². The zero-order valence-electron chi connectivity index (χ0n) is 8.60. The van der Waals surface area contributed by atoms with Gasteiger partial charge < -0.3 is 10.0 Å². The number of hydrogen-bond donors (Lipinski definition) is 1. The average molecular weight is 228 g/mol. The normalized spacial score (nSPS) is 23.1. The van der Waals surface area contributed by atoms with Crippen LogP contribution in [0.15, 0.2) is 12.4 Å². The van der Waals surface area contributed by atoms with Crippen LogP contribution in [0.4, 0.5) is 5.82 Å². The Morgan fingerprint density at radius 3 is 2.87 bits per heavy atom. The second kappa shape index (κ2) is 4.33. The lowest BCUT2D eigenvalue weighted by Gasteiger charge is -2.17. The standard InChI is InChI=1S/C10H14ClN3O/c1-7(15)8-2-3-14(6-8)10-5-12-9(11)4-13-10/h4-5,7-8,15H,2-3,6H2,1H3. The van der Waals surface area contributed by atoms with E-state index in [1.807, 2.05) is 6.92 Å². The smallest absolute Gasteiger partial charge is 0.147 e. The highest BCUT2D eigenvalue weighted by atomic mass is 35.5. The molecule has 4 nitrogen and oxygen atoms in total. The van der Waals surface area contributed by atoms with E-state index in [2.05, 4.69) is 14.9 Å². The van der Waals surface area contributed by atoms with Gasteiger partial charge in [0.05, 0.1) is 18.5 Å². The quantitative estimate of drug-likeness (QED) is 0.829. The predicted octanol–water partition coefficient (Wildman–Crippen LogP) is 1.34. The minimum absolute atomic E-state index is 0.254. The van der Waals surface area contributed by atoms with E-state index in [-0.39, 0.29) is 6.10 Å². The summed E-state index contributed by atoms with van der Waals surface area (Å²) >= 11 is 5.67. The summed E-state index contributed by atoms with van der Waals surface area (Å²) in [5.41, 5.74) is 0. The van der Waals surface area contributed by atoms with Crippen molar-refractivity contribution in [1.82, 2.24) is 9.97 Å². The van der Waals surface area contributed by atoms with Crippen LogP contribution in [-0.2, 0) is 0 Å². The molecule has 15 heavy (non-hydrogen) atoms. The summed E-state index contributed by atoms with van der Waals surface area (Å²) in [7, 11) is 0. The number of aliphatic hydroxyl groups excluding tert-OH is 1. The van der Waals surface area contributed by atoms with Gasteiger partial charge in [0.25, 0.3) is 0 Å². The Labute approximate surface area is 93.9 Å². The van der Waals surface area contributed by atoms with Crippen LogP contribution in [0.1, 0.15) is 13.3 Å². The molecular weight excluding hydrogens is 214 g/mol. The van der Waals surface area contributed by atoms with Gasteiger partial charge in [-0.1, -0.05) is 11.6 Å². The van der Waals surface area contributed by atoms with Crippen LogP contribution in [0.25, 0.3) is 0 Å². The van der Waals surface area contributed by atoms with Gasteiger partial charge in [-0.15, -0.1) is 0 Å². The first-order chi connectivity index (χ1) is 7.16. The van der Waals surface area contributed by atoms with Crippen molar-refractivity contribution in [1.29, 1.82) is 0 Å². The summed E-state index contributed by atoms with van der Waals surface area (Å²) in [6.07, 6.45) is 3.97. The summed E-state index contributed by atoms with van der Waals surface area (Å²) in [4.78, 5) is 10.3. The monoisotopic (exact) mass is 227 g/mol. The number of hydrogen-bond acceptors (Lipinski definition) is 4. The minimum Gasteiger partial charge on any atom is -0.393 e. The van der Waals surface area contributed by atoms with Crippen molar-refractivity contribution in [2.24, 2.45) is 5.92 Å². The summed E-state index contributed by atoms with van der Waals surface area (Å²) in [5.74, 6) is 1.17. The largest absolute Gasteiger partial charge is 0.393 e. The molecule has 0 saturated carbocycles. The number of aromatic nitrogens is 2. The fourth-order valence-corrected chi connectivity index (χ4v) is 1.96. The Kier molecular flexibility index (Phi) is 3.07. The summed E-state index contributed by atoms with van der Waals surface area (Å²) in [6.45, 7) is 3.60. The second-order valence-electron chi connectivity index (χ2n) is 3.93. The van der Waals surface area contributed by atoms with Crippen LogP contribution in [0.2, 0.25) is 5.15 Å². The first-order valence-corrected chi connectivity index (χ1v) is 5.45. The highest BCUT2D eigenvalue weighted by Crippen LogP contribution is 2.23. The van der Waals surface area contributed by atoms with E-state index in [4.69, 9.17) is 11.6 Å². The molecule has 0 radical (unpaired) electrons. The van der Waals surface area contributed by atoms with Gasteiger partial charge in [0, 0.05) is 19.0 Å². The Balaban J connectivity index is 2.04. The first kappa shape index (κ1) is 10.6. The van der Waals surface area contributed by atoms with E-state index < -0.39 is 0 Å². The van der Waals surface area contributed by atoms with Gasteiger partial charge in [-0.05, 0) is 13.3 Å². The summed E-state index contributed by atoms with van der Waals surface area (Å²) in [5, 5.41) is 9.88. The fourth-order valence-electron chi connectivity index (χ4n) is 1.86. The van der Waals surface area contributed by atoms with Crippen LogP contribution in [0.5, 0.6) is 0 Å². The second-order valence-corrected chi connectivity index (χ2v) is 4.32.